The van der Waals surface area contributed by atoms with Crippen molar-refractivity contribution in [1.29, 1.82) is 0 Å². The molecule has 4 heterocycles. The van der Waals surface area contributed by atoms with Gasteiger partial charge in [-0.25, -0.2) is 27.2 Å². The zero-order chi connectivity index (χ0) is 30.7. The van der Waals surface area contributed by atoms with Crippen LogP contribution in [0.2, 0.25) is 0 Å². The first-order chi connectivity index (χ1) is 20.6. The lowest BCUT2D eigenvalue weighted by atomic mass is 10.1. The molecule has 1 amide bonds. The first-order valence-corrected chi connectivity index (χ1v) is 14.0. The van der Waals surface area contributed by atoms with Crippen molar-refractivity contribution in [2.45, 2.75) is 17.9 Å². The number of sulfonamides is 1. The van der Waals surface area contributed by atoms with Crippen LogP contribution in [0.5, 0.6) is 5.88 Å². The Bertz CT molecular complexity index is 1960. The summed E-state index contributed by atoms with van der Waals surface area (Å²) in [5, 5.41) is 6.85. The SMILES string of the molecule is COC(=O)CCn1cc(NC(=O)c2cnc3ccc(-c4cnc(OC)c(NS(=O)(=O)c5ccc(F)cc5F)c4)cn23)cn1. The molecule has 16 heteroatoms. The van der Waals surface area contributed by atoms with E-state index in [2.05, 4.69) is 29.8 Å². The van der Waals surface area contributed by atoms with Crippen LogP contribution in [0.25, 0.3) is 16.8 Å². The largest absolute Gasteiger partial charge is 0.480 e. The van der Waals surface area contributed by atoms with Crippen molar-refractivity contribution in [2.24, 2.45) is 0 Å². The number of nitrogens with one attached hydrogen (secondary N) is 2. The molecule has 0 spiro atoms. The maximum absolute atomic E-state index is 14.2. The summed E-state index contributed by atoms with van der Waals surface area (Å²) in [5.41, 5.74) is 1.89. The first kappa shape index (κ1) is 29.1. The van der Waals surface area contributed by atoms with E-state index in [-0.39, 0.29) is 36.2 Å². The average Bonchev–Trinajstić information content (AvgIpc) is 3.61. The molecular formula is C27H23F2N7O6S. The van der Waals surface area contributed by atoms with Crippen molar-refractivity contribution < 1.29 is 36.3 Å². The van der Waals surface area contributed by atoms with Crippen LogP contribution >= 0.6 is 0 Å². The van der Waals surface area contributed by atoms with E-state index in [4.69, 9.17) is 4.74 Å². The number of esters is 1. The number of fused-ring (bicyclic) bond motifs is 1. The predicted octanol–water partition coefficient (Wildman–Crippen LogP) is 3.50. The number of halogens is 2. The van der Waals surface area contributed by atoms with Crippen molar-refractivity contribution >= 4 is 38.9 Å². The number of benzene rings is 1. The zero-order valence-electron chi connectivity index (χ0n) is 22.6. The number of aryl methyl sites for hydroxylation is 1. The lowest BCUT2D eigenvalue weighted by molar-refractivity contribution is -0.140. The van der Waals surface area contributed by atoms with Crippen molar-refractivity contribution in [3.05, 3.63) is 84.7 Å². The number of imidazole rings is 1. The van der Waals surface area contributed by atoms with Gasteiger partial charge in [0.1, 0.15) is 33.6 Å². The molecule has 0 aliphatic heterocycles. The number of carbonyl (C=O) groups excluding carboxylic acids is 2. The molecule has 222 valence electrons. The minimum absolute atomic E-state index is 0.0919. The van der Waals surface area contributed by atoms with Crippen LogP contribution in [0.4, 0.5) is 20.2 Å². The molecule has 0 atom stereocenters. The Labute approximate surface area is 243 Å². The summed E-state index contributed by atoms with van der Waals surface area (Å²) in [5.74, 6) is -3.15. The standard InChI is InChI=1S/C27H23F2N7O6S/c1-41-25(37)7-8-35-15-19(12-32-35)33-26(38)22-13-30-24-6-3-16(14-36(22)24)17-9-21(27(42-2)31-11-17)34-43(39,40)23-5-4-18(28)10-20(23)29/h3-6,9-15,34H,7-8H2,1-2H3,(H,33,38). The van der Waals surface area contributed by atoms with Gasteiger partial charge in [-0.05, 0) is 30.3 Å². The van der Waals surface area contributed by atoms with E-state index in [0.29, 0.717) is 28.5 Å². The molecule has 0 fully saturated rings. The summed E-state index contributed by atoms with van der Waals surface area (Å²) in [6.45, 7) is 0.272. The number of ether oxygens (including phenoxy) is 2. The number of aromatic nitrogens is 5. The van der Waals surface area contributed by atoms with Gasteiger partial charge in [-0.2, -0.15) is 5.10 Å². The lowest BCUT2D eigenvalue weighted by Gasteiger charge is -2.13. The van der Waals surface area contributed by atoms with Gasteiger partial charge in [-0.1, -0.05) is 0 Å². The second-order valence-electron chi connectivity index (χ2n) is 9.02. The van der Waals surface area contributed by atoms with Gasteiger partial charge in [0.25, 0.3) is 15.9 Å². The molecule has 0 unspecified atom stereocenters. The molecule has 4 aromatic heterocycles. The van der Waals surface area contributed by atoms with Gasteiger partial charge in [0, 0.05) is 35.8 Å². The number of nitrogens with zero attached hydrogens (tertiary/aromatic N) is 5. The van der Waals surface area contributed by atoms with Crippen LogP contribution in [0, 0.1) is 11.6 Å². The number of anilines is 2. The van der Waals surface area contributed by atoms with E-state index in [0.717, 1.165) is 12.1 Å². The third-order valence-electron chi connectivity index (χ3n) is 6.21. The van der Waals surface area contributed by atoms with Gasteiger partial charge in [0.15, 0.2) is 0 Å². The van der Waals surface area contributed by atoms with Crippen LogP contribution in [-0.2, 0) is 26.1 Å². The van der Waals surface area contributed by atoms with Crippen LogP contribution in [0.3, 0.4) is 0 Å². The minimum atomic E-state index is -4.48. The quantitative estimate of drug-likeness (QED) is 0.226. The Balaban J connectivity index is 1.41. The fourth-order valence-corrected chi connectivity index (χ4v) is 5.22. The topological polar surface area (TPSA) is 159 Å². The van der Waals surface area contributed by atoms with Crippen molar-refractivity contribution in [3.8, 4) is 17.0 Å². The van der Waals surface area contributed by atoms with Crippen LogP contribution in [0.1, 0.15) is 16.9 Å². The first-order valence-electron chi connectivity index (χ1n) is 12.5. The Morgan fingerprint density at radius 1 is 0.977 bits per heavy atom. The Kier molecular flexibility index (Phi) is 8.03. The second kappa shape index (κ2) is 11.8. The third kappa shape index (κ3) is 6.28. The van der Waals surface area contributed by atoms with Crippen LogP contribution in [0.15, 0.2) is 72.3 Å². The highest BCUT2D eigenvalue weighted by Gasteiger charge is 2.22. The second-order valence-corrected chi connectivity index (χ2v) is 10.7. The van der Waals surface area contributed by atoms with Gasteiger partial charge in [-0.15, -0.1) is 0 Å². The highest BCUT2D eigenvalue weighted by molar-refractivity contribution is 7.92. The number of amides is 1. The van der Waals surface area contributed by atoms with Gasteiger partial charge in [0.05, 0.1) is 45.3 Å². The number of rotatable bonds is 10. The fourth-order valence-electron chi connectivity index (χ4n) is 4.11. The summed E-state index contributed by atoms with van der Waals surface area (Å²) in [6, 6.07) is 6.87. The molecule has 13 nitrogen and oxygen atoms in total. The Morgan fingerprint density at radius 2 is 1.79 bits per heavy atom. The van der Waals surface area contributed by atoms with Crippen molar-refractivity contribution in [3.63, 3.8) is 0 Å². The number of hydrogen-bond acceptors (Lipinski definition) is 9. The van der Waals surface area contributed by atoms with Crippen molar-refractivity contribution in [1.82, 2.24) is 24.1 Å². The molecule has 1 aromatic carbocycles. The maximum Gasteiger partial charge on any atom is 0.307 e. The Hall–Kier alpha value is -5.38. The molecule has 2 N–H and O–H groups in total. The zero-order valence-corrected chi connectivity index (χ0v) is 23.4. The average molecular weight is 612 g/mol. The van der Waals surface area contributed by atoms with Gasteiger partial charge in [0.2, 0.25) is 5.88 Å². The molecule has 5 aromatic rings. The summed E-state index contributed by atoms with van der Waals surface area (Å²) in [7, 11) is -1.91. The van der Waals surface area contributed by atoms with Crippen LogP contribution < -0.4 is 14.8 Å². The molecule has 0 radical (unpaired) electrons. The molecule has 43 heavy (non-hydrogen) atoms. The minimum Gasteiger partial charge on any atom is -0.480 e. The summed E-state index contributed by atoms with van der Waals surface area (Å²) < 4.78 is 68.4. The molecule has 0 saturated heterocycles. The molecule has 0 saturated carbocycles. The third-order valence-corrected chi connectivity index (χ3v) is 7.61. The summed E-state index contributed by atoms with van der Waals surface area (Å²) in [6.07, 6.45) is 7.55. The van der Waals surface area contributed by atoms with E-state index < -0.39 is 32.5 Å². The van der Waals surface area contributed by atoms with Gasteiger partial charge >= 0.3 is 5.97 Å². The van der Waals surface area contributed by atoms with E-state index in [1.54, 1.807) is 24.5 Å². The van der Waals surface area contributed by atoms with Gasteiger partial charge in [-0.3, -0.25) is 23.4 Å². The predicted molar refractivity (Wildman–Crippen MR) is 149 cm³/mol. The van der Waals surface area contributed by atoms with E-state index in [1.165, 1.54) is 48.0 Å². The number of pyridine rings is 2. The smallest absolute Gasteiger partial charge is 0.307 e. The number of carbonyl (C=O) groups is 2. The monoisotopic (exact) mass is 611 g/mol. The number of methoxy groups -OCH3 is 2. The highest BCUT2D eigenvalue weighted by Crippen LogP contribution is 2.31. The molecular weight excluding hydrogens is 588 g/mol. The van der Waals surface area contributed by atoms with Crippen LogP contribution in [-0.4, -0.2) is 58.7 Å². The molecule has 0 aliphatic rings. The molecule has 5 rings (SSSR count). The lowest BCUT2D eigenvalue weighted by Crippen LogP contribution is -2.16. The molecule has 0 aliphatic carbocycles. The summed E-state index contributed by atoms with van der Waals surface area (Å²) in [4.78, 5) is 32.1. The van der Waals surface area contributed by atoms with E-state index >= 15 is 0 Å². The maximum atomic E-state index is 14.2. The van der Waals surface area contributed by atoms with E-state index in [9.17, 15) is 26.8 Å². The van der Waals surface area contributed by atoms with Crippen molar-refractivity contribution in [2.75, 3.05) is 24.3 Å². The van der Waals surface area contributed by atoms with E-state index in [1.807, 2.05) is 0 Å². The normalized spacial score (nSPS) is 11.3. The highest BCUT2D eigenvalue weighted by atomic mass is 32.2. The summed E-state index contributed by atoms with van der Waals surface area (Å²) >= 11 is 0. The fraction of sp³-hybridized carbons (Fsp3) is 0.148. The Morgan fingerprint density at radius 3 is 2.53 bits per heavy atom. The molecule has 0 bridgehead atoms. The van der Waals surface area contributed by atoms with Gasteiger partial charge < -0.3 is 14.8 Å². The number of hydrogen-bond donors (Lipinski definition) is 2.